The molecule has 1 aromatic heterocycles. The van der Waals surface area contributed by atoms with Crippen molar-refractivity contribution in [1.82, 2.24) is 0 Å². The molecule has 0 amide bonds. The number of aryl methyl sites for hydroxylation is 1. The summed E-state index contributed by atoms with van der Waals surface area (Å²) in [7, 11) is 0. The van der Waals surface area contributed by atoms with Gasteiger partial charge in [-0.05, 0) is 69.5 Å². The van der Waals surface area contributed by atoms with Crippen LogP contribution >= 0.6 is 11.3 Å². The zero-order valence-corrected chi connectivity index (χ0v) is 32.9. The topological polar surface area (TPSA) is 46.2 Å². The van der Waals surface area contributed by atoms with Crippen LogP contribution < -0.4 is 0 Å². The molecule has 0 aliphatic carbocycles. The SMILES string of the molecule is Cc1c(Cc2cccc([C@@H]3O[C@H](COCc4ccccc4)[C@@H](OCc4ccccc4)[C@H](OCc4ccccc4)[C@H]3OCc3ccccc3)c2)sc2ccc(F)cc12. The van der Waals surface area contributed by atoms with E-state index in [0.29, 0.717) is 39.5 Å². The first-order valence-corrected chi connectivity index (χ1v) is 20.4. The smallest absolute Gasteiger partial charge is 0.123 e. The molecule has 0 bridgehead atoms. The predicted molar refractivity (Wildman–Crippen MR) is 225 cm³/mol. The Morgan fingerprint density at radius 2 is 1.07 bits per heavy atom. The summed E-state index contributed by atoms with van der Waals surface area (Å²) in [5, 5.41) is 0.967. The maximum absolute atomic E-state index is 14.2. The largest absolute Gasteiger partial charge is 0.374 e. The number of halogens is 1. The van der Waals surface area contributed by atoms with Gasteiger partial charge in [0, 0.05) is 16.0 Å². The Labute approximate surface area is 338 Å². The van der Waals surface area contributed by atoms with Gasteiger partial charge in [-0.1, -0.05) is 146 Å². The Morgan fingerprint density at radius 3 is 1.67 bits per heavy atom. The van der Waals surface area contributed by atoms with Gasteiger partial charge in [0.05, 0.1) is 33.0 Å². The average molecular weight is 779 g/mol. The summed E-state index contributed by atoms with van der Waals surface area (Å²) in [6.45, 7) is 3.93. The van der Waals surface area contributed by atoms with E-state index < -0.39 is 30.5 Å². The average Bonchev–Trinajstić information content (AvgIpc) is 3.56. The molecule has 0 N–H and O–H groups in total. The maximum Gasteiger partial charge on any atom is 0.123 e. The van der Waals surface area contributed by atoms with E-state index in [2.05, 4.69) is 79.7 Å². The second-order valence-electron chi connectivity index (χ2n) is 14.6. The molecule has 57 heavy (non-hydrogen) atoms. The van der Waals surface area contributed by atoms with Gasteiger partial charge in [0.1, 0.15) is 36.3 Å². The molecule has 0 saturated carbocycles. The van der Waals surface area contributed by atoms with Crippen LogP contribution in [0.1, 0.15) is 49.9 Å². The Balaban J connectivity index is 1.15. The third kappa shape index (κ3) is 9.94. The number of benzene rings is 6. The van der Waals surface area contributed by atoms with Gasteiger partial charge in [0.15, 0.2) is 0 Å². The van der Waals surface area contributed by atoms with Crippen LogP contribution in [0.25, 0.3) is 10.1 Å². The molecule has 5 nitrogen and oxygen atoms in total. The van der Waals surface area contributed by atoms with Gasteiger partial charge in [-0.2, -0.15) is 0 Å². The van der Waals surface area contributed by atoms with Gasteiger partial charge in [-0.25, -0.2) is 4.39 Å². The zero-order valence-electron chi connectivity index (χ0n) is 32.0. The Hall–Kier alpha value is -4.99. The first-order chi connectivity index (χ1) is 28.1. The van der Waals surface area contributed by atoms with Crippen molar-refractivity contribution in [3.8, 4) is 0 Å². The van der Waals surface area contributed by atoms with Crippen molar-refractivity contribution in [2.45, 2.75) is 70.3 Å². The van der Waals surface area contributed by atoms with Gasteiger partial charge >= 0.3 is 0 Å². The van der Waals surface area contributed by atoms with Crippen LogP contribution in [0, 0.1) is 12.7 Å². The number of fused-ring (bicyclic) bond motifs is 1. The van der Waals surface area contributed by atoms with Crippen molar-refractivity contribution in [2.24, 2.45) is 0 Å². The Kier molecular flexibility index (Phi) is 12.9. The highest BCUT2D eigenvalue weighted by atomic mass is 32.1. The van der Waals surface area contributed by atoms with Crippen LogP contribution in [0.2, 0.25) is 0 Å². The zero-order chi connectivity index (χ0) is 38.8. The summed E-state index contributed by atoms with van der Waals surface area (Å²) in [6.07, 6.45) is -1.86. The minimum atomic E-state index is -0.538. The van der Waals surface area contributed by atoms with E-state index >= 15 is 0 Å². The lowest BCUT2D eigenvalue weighted by Crippen LogP contribution is -2.58. The fourth-order valence-corrected chi connectivity index (χ4v) is 8.76. The molecule has 1 aliphatic rings. The standard InChI is InChI=1S/C50H47FO5S/c1-35-43-29-42(51)25-26-45(43)57-46(35)28-40-23-14-24-41(27-40)47-49(54-32-38-19-10-4-11-20-38)50(55-33-39-21-12-5-13-22-39)48(53-31-37-17-8-3-9-18-37)44(56-47)34-52-30-36-15-6-2-7-16-36/h2-27,29,44,47-50H,28,30-34H2,1H3/t44-,47+,48-,49+,50+/m1/s1. The monoisotopic (exact) mass is 778 g/mol. The summed E-state index contributed by atoms with van der Waals surface area (Å²) < 4.78 is 49.7. The fraction of sp³-hybridized carbons (Fsp3) is 0.240. The van der Waals surface area contributed by atoms with Crippen LogP contribution in [0.3, 0.4) is 0 Å². The molecule has 1 saturated heterocycles. The highest BCUT2D eigenvalue weighted by Gasteiger charge is 2.49. The first-order valence-electron chi connectivity index (χ1n) is 19.6. The predicted octanol–water partition coefficient (Wildman–Crippen LogP) is 11.4. The van der Waals surface area contributed by atoms with Crippen molar-refractivity contribution in [3.05, 3.63) is 213 Å². The molecule has 0 unspecified atom stereocenters. The fourth-order valence-electron chi connectivity index (χ4n) is 7.54. The number of hydrogen-bond acceptors (Lipinski definition) is 6. The third-order valence-electron chi connectivity index (χ3n) is 10.5. The van der Waals surface area contributed by atoms with Crippen molar-refractivity contribution in [1.29, 1.82) is 0 Å². The maximum atomic E-state index is 14.2. The minimum absolute atomic E-state index is 0.217. The lowest BCUT2D eigenvalue weighted by atomic mass is 9.89. The van der Waals surface area contributed by atoms with E-state index in [0.717, 1.165) is 49.0 Å². The van der Waals surface area contributed by atoms with Gasteiger partial charge < -0.3 is 23.7 Å². The Morgan fingerprint density at radius 1 is 0.544 bits per heavy atom. The summed E-state index contributed by atoms with van der Waals surface area (Å²) in [5.41, 5.74) is 7.48. The highest BCUT2D eigenvalue weighted by Crippen LogP contribution is 2.40. The van der Waals surface area contributed by atoms with E-state index in [-0.39, 0.29) is 5.82 Å². The summed E-state index contributed by atoms with van der Waals surface area (Å²) in [4.78, 5) is 1.21. The number of ether oxygens (including phenoxy) is 5. The highest BCUT2D eigenvalue weighted by molar-refractivity contribution is 7.19. The second kappa shape index (κ2) is 19.0. The Bertz CT molecular complexity index is 2300. The summed E-state index contributed by atoms with van der Waals surface area (Å²) >= 11 is 1.72. The summed E-state index contributed by atoms with van der Waals surface area (Å²) in [5.74, 6) is -0.217. The first kappa shape index (κ1) is 38.9. The second-order valence-corrected chi connectivity index (χ2v) is 15.7. The number of hydrogen-bond donors (Lipinski definition) is 0. The van der Waals surface area contributed by atoms with Crippen molar-refractivity contribution >= 4 is 21.4 Å². The molecular formula is C50H47FO5S. The van der Waals surface area contributed by atoms with Crippen LogP contribution in [-0.2, 0) is 56.5 Å². The van der Waals surface area contributed by atoms with Gasteiger partial charge in [0.25, 0.3) is 0 Å². The molecule has 0 spiro atoms. The normalized spacial score (nSPS) is 19.5. The van der Waals surface area contributed by atoms with Crippen LogP contribution in [0.5, 0.6) is 0 Å². The van der Waals surface area contributed by atoms with E-state index in [9.17, 15) is 4.39 Å². The molecule has 7 aromatic rings. The molecule has 290 valence electrons. The van der Waals surface area contributed by atoms with Crippen molar-refractivity contribution < 1.29 is 28.1 Å². The van der Waals surface area contributed by atoms with E-state index in [1.807, 2.05) is 78.9 Å². The molecule has 7 heteroatoms. The number of thiophene rings is 1. The van der Waals surface area contributed by atoms with Gasteiger partial charge in [-0.3, -0.25) is 0 Å². The molecule has 2 heterocycles. The van der Waals surface area contributed by atoms with E-state index in [1.54, 1.807) is 17.4 Å². The van der Waals surface area contributed by atoms with Crippen LogP contribution in [0.4, 0.5) is 4.39 Å². The molecule has 1 fully saturated rings. The molecule has 5 atom stereocenters. The van der Waals surface area contributed by atoms with Crippen LogP contribution in [0.15, 0.2) is 164 Å². The molecule has 8 rings (SSSR count). The lowest BCUT2D eigenvalue weighted by Gasteiger charge is -2.46. The molecule has 1 aliphatic heterocycles. The quantitative estimate of drug-likeness (QED) is 0.0978. The molecule has 6 aromatic carbocycles. The molecule has 0 radical (unpaired) electrons. The van der Waals surface area contributed by atoms with Crippen LogP contribution in [-0.4, -0.2) is 31.0 Å². The van der Waals surface area contributed by atoms with Crippen molar-refractivity contribution in [2.75, 3.05) is 6.61 Å². The minimum Gasteiger partial charge on any atom is -0.374 e. The third-order valence-corrected chi connectivity index (χ3v) is 11.8. The number of rotatable bonds is 16. The van der Waals surface area contributed by atoms with Gasteiger partial charge in [-0.15, -0.1) is 11.3 Å². The van der Waals surface area contributed by atoms with Gasteiger partial charge in [0.2, 0.25) is 0 Å². The summed E-state index contributed by atoms with van der Waals surface area (Å²) in [6, 6.07) is 54.4. The van der Waals surface area contributed by atoms with Crippen molar-refractivity contribution in [3.63, 3.8) is 0 Å². The lowest BCUT2D eigenvalue weighted by molar-refractivity contribution is -0.275. The van der Waals surface area contributed by atoms with E-state index in [1.165, 1.54) is 10.9 Å². The molecular weight excluding hydrogens is 732 g/mol. The van der Waals surface area contributed by atoms with E-state index in [4.69, 9.17) is 23.7 Å².